The predicted octanol–water partition coefficient (Wildman–Crippen LogP) is 2.36. The number of nitrogens with one attached hydrogen (secondary N) is 1. The first kappa shape index (κ1) is 19.7. The quantitative estimate of drug-likeness (QED) is 0.781. The first-order valence-corrected chi connectivity index (χ1v) is 11.1. The molecule has 2 aromatic carbocycles. The summed E-state index contributed by atoms with van der Waals surface area (Å²) in [4.78, 5) is 12.8. The number of rotatable bonds is 6. The van der Waals surface area contributed by atoms with Crippen LogP contribution in [0.1, 0.15) is 28.8 Å². The highest BCUT2D eigenvalue weighted by Crippen LogP contribution is 2.33. The lowest BCUT2D eigenvalue weighted by Gasteiger charge is -2.20. The minimum Gasteiger partial charge on any atom is -0.496 e. The van der Waals surface area contributed by atoms with E-state index in [-0.39, 0.29) is 22.5 Å². The fraction of sp³-hybridized carbons (Fsp3) is 0.381. The van der Waals surface area contributed by atoms with E-state index in [2.05, 4.69) is 5.32 Å². The Kier molecular flexibility index (Phi) is 5.47. The van der Waals surface area contributed by atoms with Gasteiger partial charge in [-0.2, -0.15) is 0 Å². The number of ether oxygens (including phenoxy) is 2. The maximum absolute atomic E-state index is 13.3. The SMILES string of the molecule is COc1ccc(S(=O)(=O)N2CCc3ccccc32)cc1C(=O)NC[C@@H]1CCCO1. The van der Waals surface area contributed by atoms with Gasteiger partial charge in [-0.05, 0) is 49.1 Å². The predicted molar refractivity (Wildman–Crippen MR) is 109 cm³/mol. The Labute approximate surface area is 170 Å². The van der Waals surface area contributed by atoms with E-state index in [1.54, 1.807) is 6.07 Å². The van der Waals surface area contributed by atoms with Crippen molar-refractivity contribution in [1.82, 2.24) is 5.32 Å². The van der Waals surface area contributed by atoms with E-state index in [1.807, 2.05) is 18.2 Å². The molecular weight excluding hydrogens is 392 g/mol. The second-order valence-corrected chi connectivity index (χ2v) is 9.03. The van der Waals surface area contributed by atoms with Crippen LogP contribution in [0.5, 0.6) is 5.75 Å². The van der Waals surface area contributed by atoms with Gasteiger partial charge >= 0.3 is 0 Å². The Bertz CT molecular complexity index is 1020. The molecule has 7 nitrogen and oxygen atoms in total. The van der Waals surface area contributed by atoms with Crippen LogP contribution >= 0.6 is 0 Å². The van der Waals surface area contributed by atoms with Crippen LogP contribution in [0, 0.1) is 0 Å². The lowest BCUT2D eigenvalue weighted by atomic mass is 10.1. The summed E-state index contributed by atoms with van der Waals surface area (Å²) >= 11 is 0. The summed E-state index contributed by atoms with van der Waals surface area (Å²) < 4.78 is 38.8. The third-order valence-electron chi connectivity index (χ3n) is 5.36. The van der Waals surface area contributed by atoms with Gasteiger partial charge in [-0.15, -0.1) is 0 Å². The van der Waals surface area contributed by atoms with E-state index in [4.69, 9.17) is 9.47 Å². The van der Waals surface area contributed by atoms with Crippen LogP contribution in [0.25, 0.3) is 0 Å². The lowest BCUT2D eigenvalue weighted by molar-refractivity contribution is 0.0855. The zero-order valence-corrected chi connectivity index (χ0v) is 17.1. The highest BCUT2D eigenvalue weighted by atomic mass is 32.2. The molecule has 2 aliphatic rings. The molecule has 8 heteroatoms. The van der Waals surface area contributed by atoms with Crippen LogP contribution in [0.3, 0.4) is 0 Å². The van der Waals surface area contributed by atoms with Crippen molar-refractivity contribution in [2.75, 3.05) is 31.1 Å². The minimum absolute atomic E-state index is 0.00189. The number of sulfonamides is 1. The molecule has 1 fully saturated rings. The molecule has 0 saturated carbocycles. The molecule has 4 rings (SSSR count). The van der Waals surface area contributed by atoms with Gasteiger partial charge in [0.2, 0.25) is 0 Å². The van der Waals surface area contributed by atoms with Crippen molar-refractivity contribution >= 4 is 21.6 Å². The van der Waals surface area contributed by atoms with Crippen LogP contribution < -0.4 is 14.4 Å². The molecule has 1 amide bonds. The molecule has 0 radical (unpaired) electrons. The van der Waals surface area contributed by atoms with Crippen molar-refractivity contribution in [1.29, 1.82) is 0 Å². The van der Waals surface area contributed by atoms with Crippen molar-refractivity contribution in [3.05, 3.63) is 53.6 Å². The zero-order chi connectivity index (χ0) is 20.4. The smallest absolute Gasteiger partial charge is 0.264 e. The number of carbonyl (C=O) groups is 1. The van der Waals surface area contributed by atoms with Gasteiger partial charge in [0.25, 0.3) is 15.9 Å². The standard InChI is InChI=1S/C21H24N2O5S/c1-27-20-9-8-17(13-18(20)21(24)22-14-16-6-4-12-28-16)29(25,26)23-11-10-15-5-2-3-7-19(15)23/h2-3,5,7-9,13,16H,4,6,10-12,14H2,1H3,(H,22,24)/t16-/m0/s1. The highest BCUT2D eigenvalue weighted by molar-refractivity contribution is 7.92. The molecule has 2 aliphatic heterocycles. The Morgan fingerprint density at radius 3 is 2.86 bits per heavy atom. The van der Waals surface area contributed by atoms with Crippen LogP contribution in [-0.2, 0) is 21.2 Å². The van der Waals surface area contributed by atoms with Gasteiger partial charge in [0.05, 0.1) is 29.4 Å². The van der Waals surface area contributed by atoms with Gasteiger partial charge in [0.1, 0.15) is 5.75 Å². The van der Waals surface area contributed by atoms with Crippen molar-refractivity contribution < 1.29 is 22.7 Å². The maximum atomic E-state index is 13.3. The largest absolute Gasteiger partial charge is 0.496 e. The molecule has 1 N–H and O–H groups in total. The first-order chi connectivity index (χ1) is 14.0. The molecule has 1 saturated heterocycles. The fourth-order valence-corrected chi connectivity index (χ4v) is 5.35. The number of hydrogen-bond acceptors (Lipinski definition) is 5. The van der Waals surface area contributed by atoms with Gasteiger partial charge in [0.15, 0.2) is 0 Å². The number of anilines is 1. The van der Waals surface area contributed by atoms with Crippen LogP contribution in [-0.4, -0.2) is 47.2 Å². The summed E-state index contributed by atoms with van der Waals surface area (Å²) in [6, 6.07) is 11.9. The van der Waals surface area contributed by atoms with E-state index in [0.717, 1.165) is 18.4 Å². The van der Waals surface area contributed by atoms with Crippen LogP contribution in [0.15, 0.2) is 47.4 Å². The molecular formula is C21H24N2O5S. The first-order valence-electron chi connectivity index (χ1n) is 9.69. The number of fused-ring (bicyclic) bond motifs is 1. The molecule has 154 valence electrons. The number of benzene rings is 2. The van der Waals surface area contributed by atoms with E-state index in [0.29, 0.717) is 37.6 Å². The Morgan fingerprint density at radius 1 is 1.28 bits per heavy atom. The number of methoxy groups -OCH3 is 1. The van der Waals surface area contributed by atoms with Crippen LogP contribution in [0.2, 0.25) is 0 Å². The topological polar surface area (TPSA) is 84.9 Å². The molecule has 2 heterocycles. The van der Waals surface area contributed by atoms with Gasteiger partial charge < -0.3 is 14.8 Å². The van der Waals surface area contributed by atoms with Crippen molar-refractivity contribution in [2.45, 2.75) is 30.3 Å². The van der Waals surface area contributed by atoms with Crippen molar-refractivity contribution in [3.8, 4) is 5.75 Å². The number of nitrogens with zero attached hydrogens (tertiary/aromatic N) is 1. The van der Waals surface area contributed by atoms with Gasteiger partial charge in [-0.25, -0.2) is 8.42 Å². The second kappa shape index (κ2) is 8.04. The molecule has 2 aromatic rings. The van der Waals surface area contributed by atoms with Crippen LogP contribution in [0.4, 0.5) is 5.69 Å². The van der Waals surface area contributed by atoms with Crippen molar-refractivity contribution in [2.24, 2.45) is 0 Å². The van der Waals surface area contributed by atoms with Crippen molar-refractivity contribution in [3.63, 3.8) is 0 Å². The number of carbonyl (C=O) groups excluding carboxylic acids is 1. The van der Waals surface area contributed by atoms with Gasteiger partial charge in [-0.3, -0.25) is 9.10 Å². The summed E-state index contributed by atoms with van der Waals surface area (Å²) in [6.45, 7) is 1.47. The minimum atomic E-state index is -3.79. The molecule has 0 aliphatic carbocycles. The molecule has 0 unspecified atom stereocenters. The summed E-state index contributed by atoms with van der Waals surface area (Å²) in [5.41, 5.74) is 1.88. The van der Waals surface area contributed by atoms with E-state index in [1.165, 1.54) is 29.6 Å². The number of amides is 1. The van der Waals surface area contributed by atoms with E-state index >= 15 is 0 Å². The lowest BCUT2D eigenvalue weighted by Crippen LogP contribution is -2.32. The molecule has 0 bridgehead atoms. The normalized spacial score (nSPS) is 18.5. The molecule has 0 spiro atoms. The summed E-state index contributed by atoms with van der Waals surface area (Å²) in [6.07, 6.45) is 2.55. The highest BCUT2D eigenvalue weighted by Gasteiger charge is 2.31. The van der Waals surface area contributed by atoms with Gasteiger partial charge in [-0.1, -0.05) is 18.2 Å². The monoisotopic (exact) mass is 416 g/mol. The van der Waals surface area contributed by atoms with E-state index < -0.39 is 10.0 Å². The maximum Gasteiger partial charge on any atom is 0.264 e. The zero-order valence-electron chi connectivity index (χ0n) is 16.3. The average molecular weight is 416 g/mol. The Morgan fingerprint density at radius 2 is 2.10 bits per heavy atom. The third-order valence-corrected chi connectivity index (χ3v) is 7.17. The van der Waals surface area contributed by atoms with E-state index in [9.17, 15) is 13.2 Å². The summed E-state index contributed by atoms with van der Waals surface area (Å²) in [7, 11) is -2.34. The van der Waals surface area contributed by atoms with Gasteiger partial charge in [0, 0.05) is 19.7 Å². The fourth-order valence-electron chi connectivity index (χ4n) is 3.82. The third kappa shape index (κ3) is 3.82. The molecule has 1 atom stereocenters. The second-order valence-electron chi connectivity index (χ2n) is 7.16. The molecule has 0 aromatic heterocycles. The number of hydrogen-bond donors (Lipinski definition) is 1. The summed E-state index contributed by atoms with van der Waals surface area (Å²) in [5.74, 6) is -0.0492. The summed E-state index contributed by atoms with van der Waals surface area (Å²) in [5, 5.41) is 2.83. The Balaban J connectivity index is 1.61. The average Bonchev–Trinajstić information content (AvgIpc) is 3.41. The molecule has 29 heavy (non-hydrogen) atoms. The Hall–Kier alpha value is -2.58. The number of para-hydroxylation sites is 1.